The van der Waals surface area contributed by atoms with Gasteiger partial charge in [0.1, 0.15) is 5.75 Å². The minimum Gasteiger partial charge on any atom is -0.491 e. The zero-order valence-corrected chi connectivity index (χ0v) is 11.9. The van der Waals surface area contributed by atoms with Crippen LogP contribution in [0.4, 0.5) is 11.4 Å². The summed E-state index contributed by atoms with van der Waals surface area (Å²) < 4.78 is 5.52. The van der Waals surface area contributed by atoms with E-state index in [0.29, 0.717) is 11.4 Å². The number of hydrogen-bond acceptors (Lipinski definition) is 4. The van der Waals surface area contributed by atoms with E-state index >= 15 is 0 Å². The molecule has 0 saturated heterocycles. The highest BCUT2D eigenvalue weighted by Gasteiger charge is 2.11. The Balaban J connectivity index is 2.71. The van der Waals surface area contributed by atoms with Crippen molar-refractivity contribution >= 4 is 11.4 Å². The molecule has 0 fully saturated rings. The van der Waals surface area contributed by atoms with E-state index in [9.17, 15) is 10.1 Å². The van der Waals surface area contributed by atoms with Crippen molar-refractivity contribution < 1.29 is 9.66 Å². The van der Waals surface area contributed by atoms with Crippen molar-refractivity contribution in [2.45, 2.75) is 39.2 Å². The Labute approximate surface area is 119 Å². The predicted molar refractivity (Wildman–Crippen MR) is 80.0 cm³/mol. The van der Waals surface area contributed by atoms with Crippen LogP contribution in [0.1, 0.15) is 33.1 Å². The van der Waals surface area contributed by atoms with Crippen LogP contribution in [0, 0.1) is 22.5 Å². The SMILES string of the molecule is C#CCCCCNc1cc(OC(C)C)cc([N+](=O)[O-])c1. The highest BCUT2D eigenvalue weighted by Crippen LogP contribution is 2.26. The number of non-ortho nitro benzene ring substituents is 1. The van der Waals surface area contributed by atoms with Gasteiger partial charge in [0, 0.05) is 30.8 Å². The van der Waals surface area contributed by atoms with Crippen LogP contribution in [-0.4, -0.2) is 17.6 Å². The lowest BCUT2D eigenvalue weighted by molar-refractivity contribution is -0.384. The number of unbranched alkanes of at least 4 members (excludes halogenated alkanes) is 2. The van der Waals surface area contributed by atoms with Crippen molar-refractivity contribution in [3.63, 3.8) is 0 Å². The Kier molecular flexibility index (Phi) is 6.38. The molecule has 1 aromatic carbocycles. The quantitative estimate of drug-likeness (QED) is 0.341. The van der Waals surface area contributed by atoms with Crippen LogP contribution in [0.2, 0.25) is 0 Å². The van der Waals surface area contributed by atoms with Crippen molar-refractivity contribution in [2.75, 3.05) is 11.9 Å². The summed E-state index contributed by atoms with van der Waals surface area (Å²) in [7, 11) is 0. The third-order valence-corrected chi connectivity index (χ3v) is 2.55. The number of terminal acetylenes is 1. The lowest BCUT2D eigenvalue weighted by Gasteiger charge is -2.12. The van der Waals surface area contributed by atoms with Gasteiger partial charge in [-0.3, -0.25) is 10.1 Å². The second-order valence-corrected chi connectivity index (χ2v) is 4.73. The molecule has 20 heavy (non-hydrogen) atoms. The van der Waals surface area contributed by atoms with Gasteiger partial charge >= 0.3 is 0 Å². The lowest BCUT2D eigenvalue weighted by Crippen LogP contribution is -2.07. The first-order chi connectivity index (χ1) is 9.52. The van der Waals surface area contributed by atoms with Gasteiger partial charge in [-0.05, 0) is 26.7 Å². The molecule has 0 amide bonds. The first-order valence-corrected chi connectivity index (χ1v) is 6.66. The number of benzene rings is 1. The Morgan fingerprint density at radius 2 is 2.15 bits per heavy atom. The molecule has 5 nitrogen and oxygen atoms in total. The smallest absolute Gasteiger partial charge is 0.275 e. The molecular formula is C15H20N2O3. The summed E-state index contributed by atoms with van der Waals surface area (Å²) in [5, 5.41) is 14.1. The summed E-state index contributed by atoms with van der Waals surface area (Å²) in [6.45, 7) is 4.49. The molecule has 0 aromatic heterocycles. The molecule has 0 aliphatic heterocycles. The normalized spacial score (nSPS) is 10.1. The number of anilines is 1. The highest BCUT2D eigenvalue weighted by atomic mass is 16.6. The molecule has 0 heterocycles. The largest absolute Gasteiger partial charge is 0.491 e. The molecular weight excluding hydrogens is 256 g/mol. The Morgan fingerprint density at radius 1 is 1.40 bits per heavy atom. The predicted octanol–water partition coefficient (Wildman–Crippen LogP) is 3.60. The van der Waals surface area contributed by atoms with Gasteiger partial charge in [-0.25, -0.2) is 0 Å². The van der Waals surface area contributed by atoms with Gasteiger partial charge in [-0.1, -0.05) is 0 Å². The minimum absolute atomic E-state index is 0.0225. The van der Waals surface area contributed by atoms with E-state index in [1.54, 1.807) is 6.07 Å². The molecule has 0 atom stereocenters. The van der Waals surface area contributed by atoms with E-state index in [1.165, 1.54) is 12.1 Å². The van der Waals surface area contributed by atoms with Gasteiger partial charge in [0.2, 0.25) is 0 Å². The molecule has 0 spiro atoms. The highest BCUT2D eigenvalue weighted by molar-refractivity contribution is 5.56. The maximum atomic E-state index is 10.9. The molecule has 5 heteroatoms. The fourth-order valence-electron chi connectivity index (χ4n) is 1.72. The Morgan fingerprint density at radius 3 is 2.75 bits per heavy atom. The summed E-state index contributed by atoms with van der Waals surface area (Å²) in [6.07, 6.45) is 7.76. The van der Waals surface area contributed by atoms with Crippen molar-refractivity contribution in [3.05, 3.63) is 28.3 Å². The summed E-state index contributed by atoms with van der Waals surface area (Å²) in [6, 6.07) is 4.71. The fourth-order valence-corrected chi connectivity index (χ4v) is 1.72. The Hall–Kier alpha value is -2.22. The zero-order chi connectivity index (χ0) is 15.0. The summed E-state index contributed by atoms with van der Waals surface area (Å²) >= 11 is 0. The zero-order valence-electron chi connectivity index (χ0n) is 11.9. The van der Waals surface area contributed by atoms with Crippen LogP contribution in [0.5, 0.6) is 5.75 Å². The topological polar surface area (TPSA) is 64.4 Å². The third kappa shape index (κ3) is 5.61. The molecule has 1 aromatic rings. The maximum absolute atomic E-state index is 10.9. The van der Waals surface area contributed by atoms with Crippen LogP contribution in [0.3, 0.4) is 0 Å². The lowest BCUT2D eigenvalue weighted by atomic mass is 10.2. The van der Waals surface area contributed by atoms with Gasteiger partial charge < -0.3 is 10.1 Å². The van der Waals surface area contributed by atoms with Gasteiger partial charge in [-0.15, -0.1) is 12.3 Å². The molecule has 1 rings (SSSR count). The summed E-state index contributed by atoms with van der Waals surface area (Å²) in [4.78, 5) is 10.5. The van der Waals surface area contributed by atoms with E-state index in [1.807, 2.05) is 13.8 Å². The first kappa shape index (κ1) is 15.8. The number of rotatable bonds is 8. The number of hydrogen-bond donors (Lipinski definition) is 1. The van der Waals surface area contributed by atoms with Crippen molar-refractivity contribution in [2.24, 2.45) is 0 Å². The van der Waals surface area contributed by atoms with Crippen LogP contribution < -0.4 is 10.1 Å². The van der Waals surface area contributed by atoms with E-state index in [2.05, 4.69) is 11.2 Å². The van der Waals surface area contributed by atoms with Gasteiger partial charge in [0.05, 0.1) is 17.1 Å². The van der Waals surface area contributed by atoms with Crippen molar-refractivity contribution in [1.82, 2.24) is 0 Å². The average Bonchev–Trinajstić information content (AvgIpc) is 2.37. The number of nitro benzene ring substituents is 1. The van der Waals surface area contributed by atoms with Crippen LogP contribution in [-0.2, 0) is 0 Å². The van der Waals surface area contributed by atoms with E-state index in [-0.39, 0.29) is 11.8 Å². The maximum Gasteiger partial charge on any atom is 0.275 e. The van der Waals surface area contributed by atoms with Crippen LogP contribution >= 0.6 is 0 Å². The summed E-state index contributed by atoms with van der Waals surface area (Å²) in [5.74, 6) is 3.08. The molecule has 0 unspecified atom stereocenters. The first-order valence-electron chi connectivity index (χ1n) is 6.66. The van der Waals surface area contributed by atoms with Gasteiger partial charge in [-0.2, -0.15) is 0 Å². The van der Waals surface area contributed by atoms with E-state index in [0.717, 1.165) is 25.8 Å². The number of nitrogens with zero attached hydrogens (tertiary/aromatic N) is 1. The second kappa shape index (κ2) is 8.05. The molecule has 0 bridgehead atoms. The van der Waals surface area contributed by atoms with Crippen LogP contribution in [0.15, 0.2) is 18.2 Å². The number of nitro groups is 1. The Bertz CT molecular complexity index is 492. The van der Waals surface area contributed by atoms with Crippen molar-refractivity contribution in [1.29, 1.82) is 0 Å². The van der Waals surface area contributed by atoms with Gasteiger partial charge in [0.25, 0.3) is 5.69 Å². The third-order valence-electron chi connectivity index (χ3n) is 2.55. The molecule has 0 aliphatic rings. The molecule has 0 aliphatic carbocycles. The molecule has 0 saturated carbocycles. The molecule has 1 N–H and O–H groups in total. The second-order valence-electron chi connectivity index (χ2n) is 4.73. The fraction of sp³-hybridized carbons (Fsp3) is 0.467. The van der Waals surface area contributed by atoms with Crippen LogP contribution in [0.25, 0.3) is 0 Å². The molecule has 0 radical (unpaired) electrons. The average molecular weight is 276 g/mol. The molecule has 108 valence electrons. The van der Waals surface area contributed by atoms with E-state index < -0.39 is 4.92 Å². The monoisotopic (exact) mass is 276 g/mol. The minimum atomic E-state index is -0.420. The number of ether oxygens (including phenoxy) is 1. The summed E-state index contributed by atoms with van der Waals surface area (Å²) in [5.41, 5.74) is 0.713. The number of nitrogens with one attached hydrogen (secondary N) is 1. The van der Waals surface area contributed by atoms with Crippen molar-refractivity contribution in [3.8, 4) is 18.1 Å². The van der Waals surface area contributed by atoms with Gasteiger partial charge in [0.15, 0.2) is 0 Å². The standard InChI is InChI=1S/C15H20N2O3/c1-4-5-6-7-8-16-13-9-14(17(18)19)11-15(10-13)20-12(2)3/h1,9-12,16H,5-8H2,2-3H3. The van der Waals surface area contributed by atoms with E-state index in [4.69, 9.17) is 11.2 Å².